The Morgan fingerprint density at radius 3 is 2.69 bits per heavy atom. The first-order chi connectivity index (χ1) is 13.9. The molecule has 1 fully saturated rings. The van der Waals surface area contributed by atoms with E-state index in [-0.39, 0.29) is 12.4 Å². The molecule has 0 amide bonds. The predicted octanol–water partition coefficient (Wildman–Crippen LogP) is 1.87. The van der Waals surface area contributed by atoms with Crippen LogP contribution < -0.4 is 0 Å². The van der Waals surface area contributed by atoms with Crippen molar-refractivity contribution in [3.63, 3.8) is 0 Å². The normalized spacial score (nSPS) is 26.6. The molecule has 0 aliphatic carbocycles. The maximum atomic E-state index is 10.4. The number of aryl methyl sites for hydroxylation is 2. The van der Waals surface area contributed by atoms with Crippen molar-refractivity contribution in [1.82, 2.24) is 9.88 Å². The summed E-state index contributed by atoms with van der Waals surface area (Å²) in [5, 5.41) is 41.9. The molecule has 152 valence electrons. The number of benzene rings is 2. The van der Waals surface area contributed by atoms with Crippen LogP contribution in [0, 0.1) is 13.8 Å². The second kappa shape index (κ2) is 6.47. The van der Waals surface area contributed by atoms with E-state index in [1.54, 1.807) is 12.1 Å². The molecule has 0 bridgehead atoms. The molecule has 0 spiro atoms. The third kappa shape index (κ3) is 2.59. The van der Waals surface area contributed by atoms with Gasteiger partial charge in [-0.15, -0.1) is 0 Å². The lowest BCUT2D eigenvalue weighted by molar-refractivity contribution is -0.0826. The number of aromatic hydroxyl groups is 1. The number of aromatic nitrogens is 1. The number of rotatable bonds is 2. The lowest BCUT2D eigenvalue weighted by Gasteiger charge is -2.33. The quantitative estimate of drug-likeness (QED) is 0.453. The molecule has 0 unspecified atom stereocenters. The lowest BCUT2D eigenvalue weighted by Crippen LogP contribution is -2.42. The summed E-state index contributed by atoms with van der Waals surface area (Å²) >= 11 is 0. The summed E-state index contributed by atoms with van der Waals surface area (Å²) in [7, 11) is 0. The Kier molecular flexibility index (Phi) is 4.11. The summed E-state index contributed by atoms with van der Waals surface area (Å²) < 4.78 is 5.70. The van der Waals surface area contributed by atoms with Crippen molar-refractivity contribution in [2.45, 2.75) is 44.9 Å². The molecule has 5 N–H and O–H groups in total. The Balaban J connectivity index is 1.62. The van der Waals surface area contributed by atoms with Crippen molar-refractivity contribution >= 4 is 27.9 Å². The van der Waals surface area contributed by atoms with E-state index in [9.17, 15) is 20.4 Å². The van der Waals surface area contributed by atoms with Crippen molar-refractivity contribution < 1.29 is 25.2 Å². The molecule has 1 aromatic heterocycles. The largest absolute Gasteiger partial charge is 0.508 e. The third-order valence-electron chi connectivity index (χ3n) is 6.33. The van der Waals surface area contributed by atoms with E-state index >= 15 is 0 Å². The molecule has 0 radical (unpaired) electrons. The fourth-order valence-electron chi connectivity index (χ4n) is 4.73. The van der Waals surface area contributed by atoms with E-state index in [4.69, 9.17) is 4.74 Å². The molecule has 2 aliphatic rings. The molecule has 29 heavy (non-hydrogen) atoms. The number of H-pyrrole nitrogens is 1. The molecule has 3 aromatic rings. The zero-order valence-electron chi connectivity index (χ0n) is 16.3. The van der Waals surface area contributed by atoms with Gasteiger partial charge < -0.3 is 35.0 Å². The standard InChI is InChI=1S/C22H24N2O5/c1-10-15-8-24(22-21(28)20(27)17(9-25)29-22)6-5-13(15)11(2)19-18(10)14-7-12(26)3-4-16(14)23-19/h3-7,17,20-23,25-28H,8-9H2,1-2H3/t17-,20-,21+,22-/m1/s1. The summed E-state index contributed by atoms with van der Waals surface area (Å²) in [5.74, 6) is 0.223. The number of phenolic OH excluding ortho intramolecular Hbond substituents is 1. The summed E-state index contributed by atoms with van der Waals surface area (Å²) in [5.41, 5.74) is 6.46. The summed E-state index contributed by atoms with van der Waals surface area (Å²) in [4.78, 5) is 5.33. The van der Waals surface area contributed by atoms with Gasteiger partial charge in [-0.1, -0.05) is 0 Å². The van der Waals surface area contributed by atoms with Crippen LogP contribution >= 0.6 is 0 Å². The molecule has 7 heteroatoms. The van der Waals surface area contributed by atoms with Crippen LogP contribution in [0.5, 0.6) is 5.75 Å². The zero-order chi connectivity index (χ0) is 20.4. The van der Waals surface area contributed by atoms with E-state index in [0.717, 1.165) is 44.1 Å². The first-order valence-electron chi connectivity index (χ1n) is 9.73. The number of aliphatic hydroxyl groups is 3. The van der Waals surface area contributed by atoms with Crippen LogP contribution in [0.1, 0.15) is 22.3 Å². The fraction of sp³-hybridized carbons (Fsp3) is 0.364. The van der Waals surface area contributed by atoms with Crippen LogP contribution in [-0.4, -0.2) is 61.5 Å². The second-order valence-corrected chi connectivity index (χ2v) is 7.96. The molecule has 5 rings (SSSR count). The zero-order valence-corrected chi connectivity index (χ0v) is 16.3. The highest BCUT2D eigenvalue weighted by atomic mass is 16.6. The van der Waals surface area contributed by atoms with Crippen molar-refractivity contribution in [3.8, 4) is 5.75 Å². The predicted molar refractivity (Wildman–Crippen MR) is 109 cm³/mol. The van der Waals surface area contributed by atoms with Crippen molar-refractivity contribution in [2.24, 2.45) is 0 Å². The fourth-order valence-corrected chi connectivity index (χ4v) is 4.73. The summed E-state index contributed by atoms with van der Waals surface area (Å²) in [6.45, 7) is 4.29. The van der Waals surface area contributed by atoms with Crippen LogP contribution in [0.2, 0.25) is 0 Å². The molecular formula is C22H24N2O5. The minimum absolute atomic E-state index is 0.223. The number of nitrogens with one attached hydrogen (secondary N) is 1. The molecule has 3 heterocycles. The smallest absolute Gasteiger partial charge is 0.159 e. The van der Waals surface area contributed by atoms with E-state index in [2.05, 4.69) is 18.8 Å². The lowest BCUT2D eigenvalue weighted by atomic mass is 9.90. The number of nitrogens with zero attached hydrogens (tertiary/aromatic N) is 1. The molecular weight excluding hydrogens is 372 g/mol. The Morgan fingerprint density at radius 1 is 1.17 bits per heavy atom. The van der Waals surface area contributed by atoms with Crippen molar-refractivity contribution in [3.05, 3.63) is 46.7 Å². The Hall–Kier alpha value is -2.58. The molecule has 2 aliphatic heterocycles. The average Bonchev–Trinajstić information content (AvgIpc) is 3.24. The average molecular weight is 396 g/mol. The highest BCUT2D eigenvalue weighted by molar-refractivity contribution is 6.11. The van der Waals surface area contributed by atoms with Gasteiger partial charge in [0, 0.05) is 29.0 Å². The number of aromatic amines is 1. The maximum absolute atomic E-state index is 10.4. The van der Waals surface area contributed by atoms with Crippen LogP contribution in [0.4, 0.5) is 0 Å². The highest BCUT2D eigenvalue weighted by Gasteiger charge is 2.45. The Bertz CT molecular complexity index is 1150. The topological polar surface area (TPSA) is 109 Å². The van der Waals surface area contributed by atoms with Gasteiger partial charge in [0.1, 0.15) is 24.1 Å². The Morgan fingerprint density at radius 2 is 1.97 bits per heavy atom. The highest BCUT2D eigenvalue weighted by Crippen LogP contribution is 2.39. The van der Waals surface area contributed by atoms with Gasteiger partial charge in [-0.05, 0) is 60.4 Å². The van der Waals surface area contributed by atoms with Gasteiger partial charge in [0.15, 0.2) is 6.23 Å². The number of ether oxygens (including phenoxy) is 1. The molecule has 1 saturated heterocycles. The van der Waals surface area contributed by atoms with Gasteiger partial charge in [-0.2, -0.15) is 0 Å². The van der Waals surface area contributed by atoms with Gasteiger partial charge >= 0.3 is 0 Å². The van der Waals surface area contributed by atoms with Gasteiger partial charge in [0.05, 0.1) is 12.1 Å². The van der Waals surface area contributed by atoms with Crippen LogP contribution in [0.3, 0.4) is 0 Å². The van der Waals surface area contributed by atoms with E-state index < -0.39 is 24.5 Å². The Labute approximate surface area is 167 Å². The van der Waals surface area contributed by atoms with E-state index in [1.165, 1.54) is 0 Å². The van der Waals surface area contributed by atoms with E-state index in [0.29, 0.717) is 6.54 Å². The molecule has 7 nitrogen and oxygen atoms in total. The minimum Gasteiger partial charge on any atom is -0.508 e. The van der Waals surface area contributed by atoms with Crippen molar-refractivity contribution in [2.75, 3.05) is 6.61 Å². The van der Waals surface area contributed by atoms with Crippen LogP contribution in [0.15, 0.2) is 24.4 Å². The van der Waals surface area contributed by atoms with Crippen molar-refractivity contribution in [1.29, 1.82) is 0 Å². The van der Waals surface area contributed by atoms with Gasteiger partial charge in [0.25, 0.3) is 0 Å². The summed E-state index contributed by atoms with van der Waals surface area (Å²) in [6, 6.07) is 5.32. The molecule has 2 aromatic carbocycles. The SMILES string of the molecule is Cc1c2c(c(C)c3c1[nH]c1ccc(O)cc13)CN([C@@H]1O[C@H](CO)[C@@H](O)[C@@H]1O)C=C2. The monoisotopic (exact) mass is 396 g/mol. The maximum Gasteiger partial charge on any atom is 0.159 e. The number of aliphatic hydroxyl groups excluding tert-OH is 3. The molecule has 0 saturated carbocycles. The van der Waals surface area contributed by atoms with Crippen LogP contribution in [0.25, 0.3) is 27.9 Å². The number of phenols is 1. The van der Waals surface area contributed by atoms with Crippen LogP contribution in [-0.2, 0) is 11.3 Å². The second-order valence-electron chi connectivity index (χ2n) is 7.96. The van der Waals surface area contributed by atoms with Gasteiger partial charge in [-0.3, -0.25) is 0 Å². The number of hydrogen-bond donors (Lipinski definition) is 5. The first kappa shape index (κ1) is 18.4. The van der Waals surface area contributed by atoms with Gasteiger partial charge in [-0.25, -0.2) is 0 Å². The summed E-state index contributed by atoms with van der Waals surface area (Å²) in [6.07, 6.45) is 0.115. The first-order valence-corrected chi connectivity index (χ1v) is 9.73. The molecule has 4 atom stereocenters. The van der Waals surface area contributed by atoms with E-state index in [1.807, 2.05) is 23.2 Å². The number of hydrogen-bond acceptors (Lipinski definition) is 6. The van der Waals surface area contributed by atoms with Gasteiger partial charge in [0.2, 0.25) is 0 Å². The minimum atomic E-state index is -1.12. The third-order valence-corrected chi connectivity index (χ3v) is 6.33. The number of fused-ring (bicyclic) bond motifs is 4.